The summed E-state index contributed by atoms with van der Waals surface area (Å²) in [6, 6.07) is 35.8. The van der Waals surface area contributed by atoms with Gasteiger partial charge in [-0.05, 0) is 53.1 Å². The van der Waals surface area contributed by atoms with Crippen molar-refractivity contribution in [3.63, 3.8) is 0 Å². The maximum absolute atomic E-state index is 13.2. The Bertz CT molecular complexity index is 1220. The summed E-state index contributed by atoms with van der Waals surface area (Å²) in [6.45, 7) is 2.99. The predicted octanol–water partition coefficient (Wildman–Crippen LogP) is 6.94. The normalized spacial score (nSPS) is 18.5. The zero-order chi connectivity index (χ0) is 22.5. The largest absolute Gasteiger partial charge is 0.298 e. The molecule has 0 aliphatic carbocycles. The number of likely N-dealkylation sites (tertiary alicyclic amines) is 1. The number of carbonyl (C=O) groups excluding carboxylic acids is 1. The second-order valence-electron chi connectivity index (χ2n) is 9.59. The van der Waals surface area contributed by atoms with E-state index in [9.17, 15) is 4.79 Å². The SMILES string of the molecule is O=C(C[C@@]1(CCc2ccc3ccccc3c2)CCN(Cc2ccccc2)C1)c1ccccc1. The van der Waals surface area contributed by atoms with E-state index in [1.165, 1.54) is 21.9 Å². The molecule has 0 amide bonds. The maximum Gasteiger partial charge on any atom is 0.163 e. The summed E-state index contributed by atoms with van der Waals surface area (Å²) >= 11 is 0. The van der Waals surface area contributed by atoms with Gasteiger partial charge in [0.2, 0.25) is 0 Å². The lowest BCUT2D eigenvalue weighted by atomic mass is 9.76. The Hall–Kier alpha value is -3.23. The Kier molecular flexibility index (Phi) is 6.37. The lowest BCUT2D eigenvalue weighted by molar-refractivity contribution is 0.0902. The van der Waals surface area contributed by atoms with Crippen molar-refractivity contribution < 1.29 is 4.79 Å². The molecule has 1 saturated heterocycles. The fourth-order valence-corrected chi connectivity index (χ4v) is 5.31. The summed E-state index contributed by atoms with van der Waals surface area (Å²) in [4.78, 5) is 15.8. The molecule has 0 radical (unpaired) electrons. The first kappa shape index (κ1) is 21.6. The minimum absolute atomic E-state index is 0.0212. The van der Waals surface area contributed by atoms with Gasteiger partial charge in [-0.2, -0.15) is 0 Å². The minimum Gasteiger partial charge on any atom is -0.298 e. The van der Waals surface area contributed by atoms with Gasteiger partial charge in [-0.3, -0.25) is 9.69 Å². The summed E-state index contributed by atoms with van der Waals surface area (Å²) in [5.41, 5.74) is 3.57. The van der Waals surface area contributed by atoms with E-state index in [1.807, 2.05) is 30.3 Å². The molecule has 0 N–H and O–H groups in total. The van der Waals surface area contributed by atoms with Crippen LogP contribution in [0.2, 0.25) is 0 Å². The molecule has 2 nitrogen and oxygen atoms in total. The number of ketones is 1. The standard InChI is InChI=1S/C31H31NO/c33-30(28-12-5-2-6-13-28)22-31(19-20-32(24-31)23-26-9-3-1-4-10-26)18-17-25-15-16-27-11-7-8-14-29(27)21-25/h1-16,21H,17-20,22-24H2/t31-/m1/s1. The van der Waals surface area contributed by atoms with Crippen LogP contribution in [0.25, 0.3) is 10.8 Å². The smallest absolute Gasteiger partial charge is 0.163 e. The van der Waals surface area contributed by atoms with Crippen LogP contribution in [-0.2, 0) is 13.0 Å². The van der Waals surface area contributed by atoms with Crippen molar-refractivity contribution in [2.75, 3.05) is 13.1 Å². The second kappa shape index (κ2) is 9.72. The van der Waals surface area contributed by atoms with Crippen molar-refractivity contribution in [3.05, 3.63) is 120 Å². The molecule has 1 heterocycles. The maximum atomic E-state index is 13.2. The van der Waals surface area contributed by atoms with Crippen LogP contribution >= 0.6 is 0 Å². The summed E-state index contributed by atoms with van der Waals surface area (Å²) in [5.74, 6) is 0.274. The molecule has 5 rings (SSSR count). The molecule has 0 spiro atoms. The Morgan fingerprint density at radius 1 is 0.758 bits per heavy atom. The van der Waals surface area contributed by atoms with Gasteiger partial charge in [0.05, 0.1) is 0 Å². The molecule has 166 valence electrons. The van der Waals surface area contributed by atoms with Crippen molar-refractivity contribution in [2.24, 2.45) is 5.41 Å². The van der Waals surface area contributed by atoms with Gasteiger partial charge >= 0.3 is 0 Å². The topological polar surface area (TPSA) is 20.3 Å². The third kappa shape index (κ3) is 5.23. The van der Waals surface area contributed by atoms with Gasteiger partial charge in [0, 0.05) is 25.1 Å². The van der Waals surface area contributed by atoms with E-state index in [0.717, 1.165) is 44.5 Å². The number of Topliss-reactive ketones (excluding diaryl/α,β-unsaturated/α-hetero) is 1. The fraction of sp³-hybridized carbons (Fsp3) is 0.258. The van der Waals surface area contributed by atoms with Gasteiger partial charge < -0.3 is 0 Å². The van der Waals surface area contributed by atoms with Crippen LogP contribution in [0, 0.1) is 5.41 Å². The van der Waals surface area contributed by atoms with Gasteiger partial charge in [-0.25, -0.2) is 0 Å². The van der Waals surface area contributed by atoms with E-state index < -0.39 is 0 Å². The molecule has 2 heteroatoms. The van der Waals surface area contributed by atoms with E-state index in [0.29, 0.717) is 6.42 Å². The highest BCUT2D eigenvalue weighted by molar-refractivity contribution is 5.96. The first-order valence-corrected chi connectivity index (χ1v) is 12.0. The number of nitrogens with zero attached hydrogens (tertiary/aromatic N) is 1. The van der Waals surface area contributed by atoms with Crippen molar-refractivity contribution in [3.8, 4) is 0 Å². The molecule has 0 unspecified atom stereocenters. The summed E-state index contributed by atoms with van der Waals surface area (Å²) in [7, 11) is 0. The third-order valence-corrected chi connectivity index (χ3v) is 7.16. The number of hydrogen-bond acceptors (Lipinski definition) is 2. The summed E-state index contributed by atoms with van der Waals surface area (Å²) in [5, 5.41) is 2.58. The van der Waals surface area contributed by atoms with Crippen molar-refractivity contribution in [2.45, 2.75) is 32.2 Å². The molecule has 4 aromatic carbocycles. The molecule has 1 fully saturated rings. The summed E-state index contributed by atoms with van der Waals surface area (Å²) in [6.07, 6.45) is 3.74. The average Bonchev–Trinajstić information content (AvgIpc) is 3.26. The second-order valence-corrected chi connectivity index (χ2v) is 9.59. The highest BCUT2D eigenvalue weighted by Gasteiger charge is 2.39. The lowest BCUT2D eigenvalue weighted by Crippen LogP contribution is -2.30. The van der Waals surface area contributed by atoms with E-state index in [-0.39, 0.29) is 11.2 Å². The highest BCUT2D eigenvalue weighted by Crippen LogP contribution is 2.40. The zero-order valence-electron chi connectivity index (χ0n) is 19.1. The molecule has 0 aromatic heterocycles. The molecule has 1 aliphatic rings. The number of hydrogen-bond donors (Lipinski definition) is 0. The highest BCUT2D eigenvalue weighted by atomic mass is 16.1. The molecular weight excluding hydrogens is 402 g/mol. The van der Waals surface area contributed by atoms with Gasteiger partial charge in [0.25, 0.3) is 0 Å². The molecule has 1 atom stereocenters. The molecule has 4 aromatic rings. The Balaban J connectivity index is 1.34. The molecule has 0 bridgehead atoms. The molecule has 0 saturated carbocycles. The number of aryl methyl sites for hydroxylation is 1. The Morgan fingerprint density at radius 2 is 1.45 bits per heavy atom. The number of benzene rings is 4. The zero-order valence-corrected chi connectivity index (χ0v) is 19.1. The van der Waals surface area contributed by atoms with Gasteiger partial charge in [-0.1, -0.05) is 103 Å². The first-order chi connectivity index (χ1) is 16.2. The Morgan fingerprint density at radius 3 is 2.24 bits per heavy atom. The lowest BCUT2D eigenvalue weighted by Gasteiger charge is -2.29. The van der Waals surface area contributed by atoms with Crippen molar-refractivity contribution in [1.29, 1.82) is 0 Å². The monoisotopic (exact) mass is 433 g/mol. The third-order valence-electron chi connectivity index (χ3n) is 7.16. The summed E-state index contributed by atoms with van der Waals surface area (Å²) < 4.78 is 0. The van der Waals surface area contributed by atoms with Crippen LogP contribution in [0.1, 0.15) is 40.7 Å². The van der Waals surface area contributed by atoms with Crippen molar-refractivity contribution >= 4 is 16.6 Å². The Labute approximate surface area is 196 Å². The number of carbonyl (C=O) groups is 1. The van der Waals surface area contributed by atoms with Crippen LogP contribution in [0.5, 0.6) is 0 Å². The number of rotatable bonds is 8. The number of fused-ring (bicyclic) bond motifs is 1. The van der Waals surface area contributed by atoms with Gasteiger partial charge in [0.15, 0.2) is 5.78 Å². The van der Waals surface area contributed by atoms with E-state index in [2.05, 4.69) is 77.7 Å². The van der Waals surface area contributed by atoms with E-state index in [1.54, 1.807) is 0 Å². The van der Waals surface area contributed by atoms with E-state index >= 15 is 0 Å². The van der Waals surface area contributed by atoms with E-state index in [4.69, 9.17) is 0 Å². The quantitative estimate of drug-likeness (QED) is 0.281. The molecule has 1 aliphatic heterocycles. The van der Waals surface area contributed by atoms with Crippen LogP contribution in [-0.4, -0.2) is 23.8 Å². The minimum atomic E-state index is 0.0212. The van der Waals surface area contributed by atoms with Gasteiger partial charge in [-0.15, -0.1) is 0 Å². The van der Waals surface area contributed by atoms with Crippen molar-refractivity contribution in [1.82, 2.24) is 4.90 Å². The van der Waals surface area contributed by atoms with Gasteiger partial charge in [0.1, 0.15) is 0 Å². The van der Waals surface area contributed by atoms with Crippen LogP contribution in [0.3, 0.4) is 0 Å². The molecule has 33 heavy (non-hydrogen) atoms. The fourth-order valence-electron chi connectivity index (χ4n) is 5.31. The molecular formula is C31H31NO. The van der Waals surface area contributed by atoms with Crippen LogP contribution in [0.15, 0.2) is 103 Å². The van der Waals surface area contributed by atoms with Crippen LogP contribution < -0.4 is 0 Å². The average molecular weight is 434 g/mol. The first-order valence-electron chi connectivity index (χ1n) is 12.0. The van der Waals surface area contributed by atoms with Crippen LogP contribution in [0.4, 0.5) is 0 Å². The predicted molar refractivity (Wildman–Crippen MR) is 136 cm³/mol.